The van der Waals surface area contributed by atoms with Gasteiger partial charge in [0.15, 0.2) is 11.5 Å². The van der Waals surface area contributed by atoms with Gasteiger partial charge in [0.1, 0.15) is 0 Å². The van der Waals surface area contributed by atoms with Gasteiger partial charge in [-0.05, 0) is 73.1 Å². The molecule has 9 heteroatoms. The second kappa shape index (κ2) is 9.89. The highest BCUT2D eigenvalue weighted by atomic mass is 19.3. The van der Waals surface area contributed by atoms with E-state index in [1.807, 2.05) is 49.4 Å². The number of benzene rings is 3. The molecule has 2 aliphatic heterocycles. The number of hydrogen-bond acceptors (Lipinski definition) is 6. The number of halogens is 2. The van der Waals surface area contributed by atoms with Gasteiger partial charge in [0.2, 0.25) is 5.91 Å². The summed E-state index contributed by atoms with van der Waals surface area (Å²) in [5.41, 5.74) is 3.01. The van der Waals surface area contributed by atoms with E-state index in [1.54, 1.807) is 12.1 Å². The predicted molar refractivity (Wildman–Crippen MR) is 140 cm³/mol. The Morgan fingerprint density at radius 3 is 2.27 bits per heavy atom. The van der Waals surface area contributed by atoms with E-state index in [2.05, 4.69) is 14.8 Å². The Morgan fingerprint density at radius 2 is 1.60 bits per heavy atom. The third-order valence-electron chi connectivity index (χ3n) is 8.00. The highest BCUT2D eigenvalue weighted by molar-refractivity contribution is 5.92. The van der Waals surface area contributed by atoms with Crippen LogP contribution in [0.15, 0.2) is 66.7 Å². The van der Waals surface area contributed by atoms with Gasteiger partial charge in [-0.1, -0.05) is 48.5 Å². The van der Waals surface area contributed by atoms with Crippen molar-refractivity contribution in [2.24, 2.45) is 0 Å². The zero-order chi connectivity index (χ0) is 28.1. The molecule has 0 spiro atoms. The minimum atomic E-state index is -3.71. The van der Waals surface area contributed by atoms with Crippen LogP contribution in [0.25, 0.3) is 0 Å². The minimum Gasteiger partial charge on any atom is -0.465 e. The number of carbonyl (C=O) groups excluding carboxylic acids is 2. The summed E-state index contributed by atoms with van der Waals surface area (Å²) in [4.78, 5) is 25.8. The molecular formula is C31H29F2NO6. The number of nitrogens with one attached hydrogen (secondary N) is 1. The first-order valence-corrected chi connectivity index (χ1v) is 13.3. The number of carbonyl (C=O) groups is 2. The Hall–Kier alpha value is -3.98. The van der Waals surface area contributed by atoms with Crippen molar-refractivity contribution in [2.75, 3.05) is 7.11 Å². The fraction of sp³-hybridized carbons (Fsp3) is 0.355. The molecule has 0 unspecified atom stereocenters. The van der Waals surface area contributed by atoms with E-state index in [0.29, 0.717) is 36.8 Å². The normalized spacial score (nSPS) is 23.8. The Kier molecular flexibility index (Phi) is 6.49. The first-order chi connectivity index (χ1) is 19.2. The number of methoxy groups -OCH3 is 1. The van der Waals surface area contributed by atoms with Crippen LogP contribution in [-0.2, 0) is 19.7 Å². The Balaban J connectivity index is 1.24. The molecule has 7 nitrogen and oxygen atoms in total. The van der Waals surface area contributed by atoms with E-state index < -0.39 is 17.7 Å². The molecule has 3 aromatic carbocycles. The van der Waals surface area contributed by atoms with Gasteiger partial charge in [0, 0.05) is 6.04 Å². The zero-order valence-electron chi connectivity index (χ0n) is 22.1. The lowest BCUT2D eigenvalue weighted by Crippen LogP contribution is -2.45. The molecule has 0 aromatic heterocycles. The van der Waals surface area contributed by atoms with Gasteiger partial charge in [-0.2, -0.15) is 0 Å². The number of alkyl halides is 2. The van der Waals surface area contributed by atoms with Crippen molar-refractivity contribution in [3.63, 3.8) is 0 Å². The second-order valence-corrected chi connectivity index (χ2v) is 10.6. The number of amides is 1. The van der Waals surface area contributed by atoms with E-state index in [1.165, 1.54) is 19.2 Å². The average molecular weight is 550 g/mol. The van der Waals surface area contributed by atoms with Gasteiger partial charge in [-0.3, -0.25) is 4.79 Å². The SMILES string of the molecule is COC(=O)c1ccc([C@H]2C[C@@H](NC(=O)C3(c4ccc5c(c4)OC(F)(F)O5)CC3)C[C@@H](c3ccccc3)O2)cc1C. The molecule has 0 bridgehead atoms. The molecule has 40 heavy (non-hydrogen) atoms. The van der Waals surface area contributed by atoms with Crippen molar-refractivity contribution in [2.45, 2.75) is 62.6 Å². The number of rotatable bonds is 6. The molecule has 3 aliphatic rings. The first-order valence-electron chi connectivity index (χ1n) is 13.3. The summed E-state index contributed by atoms with van der Waals surface area (Å²) in [6, 6.07) is 19.7. The van der Waals surface area contributed by atoms with E-state index in [9.17, 15) is 18.4 Å². The summed E-state index contributed by atoms with van der Waals surface area (Å²) in [5.74, 6) is -0.658. The summed E-state index contributed by atoms with van der Waals surface area (Å²) < 4.78 is 47.6. The molecule has 1 aliphatic carbocycles. The maximum Gasteiger partial charge on any atom is 0.586 e. The number of esters is 1. The smallest absolute Gasteiger partial charge is 0.465 e. The predicted octanol–water partition coefficient (Wildman–Crippen LogP) is 5.91. The van der Waals surface area contributed by atoms with Crippen LogP contribution in [0.5, 0.6) is 11.5 Å². The molecule has 2 fully saturated rings. The fourth-order valence-electron chi connectivity index (χ4n) is 5.71. The third kappa shape index (κ3) is 4.90. The van der Waals surface area contributed by atoms with E-state index in [-0.39, 0.29) is 35.7 Å². The second-order valence-electron chi connectivity index (χ2n) is 10.6. The third-order valence-corrected chi connectivity index (χ3v) is 8.00. The Morgan fingerprint density at radius 1 is 0.900 bits per heavy atom. The molecule has 1 N–H and O–H groups in total. The molecule has 3 aromatic rings. The molecule has 6 rings (SSSR count). The number of aryl methyl sites for hydroxylation is 1. The standard InChI is InChI=1S/C31H29F2NO6/c1-18-14-20(8-10-23(18)28(35)37-2)26-17-22(16-25(38-26)19-6-4-3-5-7-19)34-29(36)30(12-13-30)21-9-11-24-27(15-21)40-31(32,33)39-24/h3-11,14-15,22,25-26H,12-13,16-17H2,1-2H3,(H,34,36)/t22-,25-,26+/m0/s1. The summed E-state index contributed by atoms with van der Waals surface area (Å²) >= 11 is 0. The van der Waals surface area contributed by atoms with Gasteiger partial charge in [-0.25, -0.2) is 4.79 Å². The highest BCUT2D eigenvalue weighted by Gasteiger charge is 2.53. The van der Waals surface area contributed by atoms with Crippen molar-refractivity contribution in [1.29, 1.82) is 0 Å². The molecule has 1 saturated heterocycles. The molecule has 1 amide bonds. The molecular weight excluding hydrogens is 520 g/mol. The summed E-state index contributed by atoms with van der Waals surface area (Å²) in [6.45, 7) is 1.85. The quantitative estimate of drug-likeness (QED) is 0.385. The Bertz CT molecular complexity index is 1460. The van der Waals surface area contributed by atoms with Crippen molar-refractivity contribution < 1.29 is 37.3 Å². The van der Waals surface area contributed by atoms with Gasteiger partial charge in [0.25, 0.3) is 0 Å². The summed E-state index contributed by atoms with van der Waals surface area (Å²) in [5, 5.41) is 3.24. The van der Waals surface area contributed by atoms with E-state index in [0.717, 1.165) is 16.7 Å². The summed E-state index contributed by atoms with van der Waals surface area (Å²) in [6.07, 6.45) is -1.96. The van der Waals surface area contributed by atoms with Crippen LogP contribution in [0.3, 0.4) is 0 Å². The molecule has 208 valence electrons. The van der Waals surface area contributed by atoms with Crippen molar-refractivity contribution in [1.82, 2.24) is 5.32 Å². The van der Waals surface area contributed by atoms with Crippen LogP contribution in [-0.4, -0.2) is 31.3 Å². The minimum absolute atomic E-state index is 0.0450. The fourth-order valence-corrected chi connectivity index (χ4v) is 5.71. The lowest BCUT2D eigenvalue weighted by atomic mass is 9.88. The number of hydrogen-bond donors (Lipinski definition) is 1. The topological polar surface area (TPSA) is 83.1 Å². The van der Waals surface area contributed by atoms with Crippen LogP contribution >= 0.6 is 0 Å². The van der Waals surface area contributed by atoms with Crippen LogP contribution in [0, 0.1) is 6.92 Å². The highest BCUT2D eigenvalue weighted by Crippen LogP contribution is 2.52. The first kappa shape index (κ1) is 26.3. The molecule has 2 heterocycles. The molecule has 3 atom stereocenters. The average Bonchev–Trinajstić information content (AvgIpc) is 3.70. The van der Waals surface area contributed by atoms with Gasteiger partial charge in [0.05, 0.1) is 30.3 Å². The number of ether oxygens (including phenoxy) is 4. The largest absolute Gasteiger partial charge is 0.586 e. The van der Waals surface area contributed by atoms with Crippen LogP contribution in [0.1, 0.15) is 70.5 Å². The zero-order valence-corrected chi connectivity index (χ0v) is 22.1. The van der Waals surface area contributed by atoms with Crippen LogP contribution < -0.4 is 14.8 Å². The van der Waals surface area contributed by atoms with Crippen molar-refractivity contribution in [3.8, 4) is 11.5 Å². The maximum atomic E-state index is 13.7. The number of fused-ring (bicyclic) bond motifs is 1. The summed E-state index contributed by atoms with van der Waals surface area (Å²) in [7, 11) is 1.35. The lowest BCUT2D eigenvalue weighted by Gasteiger charge is -2.37. The van der Waals surface area contributed by atoms with Crippen molar-refractivity contribution >= 4 is 11.9 Å². The van der Waals surface area contributed by atoms with E-state index in [4.69, 9.17) is 9.47 Å². The van der Waals surface area contributed by atoms with E-state index >= 15 is 0 Å². The van der Waals surface area contributed by atoms with Crippen LogP contribution in [0.4, 0.5) is 8.78 Å². The van der Waals surface area contributed by atoms with Crippen LogP contribution in [0.2, 0.25) is 0 Å². The molecule has 0 radical (unpaired) electrons. The lowest BCUT2D eigenvalue weighted by molar-refractivity contribution is -0.286. The Labute approximate surface area is 230 Å². The van der Waals surface area contributed by atoms with Crippen molar-refractivity contribution in [3.05, 3.63) is 94.5 Å². The van der Waals surface area contributed by atoms with Gasteiger partial charge in [-0.15, -0.1) is 8.78 Å². The van der Waals surface area contributed by atoms with Gasteiger partial charge < -0.3 is 24.3 Å². The monoisotopic (exact) mass is 549 g/mol. The molecule has 1 saturated carbocycles. The van der Waals surface area contributed by atoms with Gasteiger partial charge >= 0.3 is 12.3 Å². The maximum absolute atomic E-state index is 13.7.